The van der Waals surface area contributed by atoms with Gasteiger partial charge in [0.05, 0.1) is 10.0 Å². The first-order chi connectivity index (χ1) is 6.83. The maximum Gasteiger partial charge on any atom is 0.573 e. The molecule has 0 spiro atoms. The van der Waals surface area contributed by atoms with Gasteiger partial charge in [-0.2, -0.15) is 0 Å². The second-order valence-electron chi connectivity index (χ2n) is 2.38. The van der Waals surface area contributed by atoms with E-state index in [2.05, 4.69) is 9.91 Å². The van der Waals surface area contributed by atoms with Crippen LogP contribution in [0.4, 0.5) is 18.9 Å². The summed E-state index contributed by atoms with van der Waals surface area (Å²) >= 11 is 10.9. The van der Waals surface area contributed by atoms with Crippen molar-refractivity contribution in [3.8, 4) is 5.75 Å². The Morgan fingerprint density at radius 3 is 2.33 bits per heavy atom. The van der Waals surface area contributed by atoms with E-state index in [9.17, 15) is 18.1 Å². The van der Waals surface area contributed by atoms with Crippen LogP contribution < -0.4 is 4.74 Å². The third kappa shape index (κ3) is 3.24. The zero-order valence-electron chi connectivity index (χ0n) is 6.81. The molecule has 0 aliphatic rings. The lowest BCUT2D eigenvalue weighted by molar-refractivity contribution is -0.274. The van der Waals surface area contributed by atoms with E-state index >= 15 is 0 Å². The zero-order chi connectivity index (χ0) is 11.6. The van der Waals surface area contributed by atoms with Crippen molar-refractivity contribution in [2.45, 2.75) is 6.36 Å². The van der Waals surface area contributed by atoms with Gasteiger partial charge in [0.1, 0.15) is 11.4 Å². The number of nitroso groups, excluding NO2 is 1. The van der Waals surface area contributed by atoms with Crippen molar-refractivity contribution in [1.82, 2.24) is 0 Å². The van der Waals surface area contributed by atoms with E-state index in [1.54, 1.807) is 0 Å². The molecular weight excluding hydrogens is 258 g/mol. The summed E-state index contributed by atoms with van der Waals surface area (Å²) in [6, 6.07) is 1.58. The summed E-state index contributed by atoms with van der Waals surface area (Å²) in [4.78, 5) is 10.2. The molecule has 0 aliphatic heterocycles. The van der Waals surface area contributed by atoms with Crippen molar-refractivity contribution in [2.24, 2.45) is 5.18 Å². The van der Waals surface area contributed by atoms with Crippen molar-refractivity contribution in [2.75, 3.05) is 0 Å². The SMILES string of the molecule is O=Nc1cc(OC(F)(F)F)cc(Cl)c1Cl. The van der Waals surface area contributed by atoms with E-state index in [4.69, 9.17) is 23.2 Å². The molecule has 0 aliphatic carbocycles. The quantitative estimate of drug-likeness (QED) is 0.744. The van der Waals surface area contributed by atoms with Gasteiger partial charge in [-0.05, 0) is 5.18 Å². The molecule has 0 fully saturated rings. The predicted octanol–water partition coefficient (Wildman–Crippen LogP) is 4.29. The molecule has 0 saturated heterocycles. The van der Waals surface area contributed by atoms with Gasteiger partial charge >= 0.3 is 6.36 Å². The van der Waals surface area contributed by atoms with Gasteiger partial charge in [-0.25, -0.2) is 0 Å². The van der Waals surface area contributed by atoms with E-state index in [1.165, 1.54) is 0 Å². The first-order valence-electron chi connectivity index (χ1n) is 3.41. The zero-order valence-corrected chi connectivity index (χ0v) is 8.32. The largest absolute Gasteiger partial charge is 0.573 e. The molecule has 0 heterocycles. The summed E-state index contributed by atoms with van der Waals surface area (Å²) in [5.74, 6) is -0.647. The van der Waals surface area contributed by atoms with E-state index in [-0.39, 0.29) is 10.0 Å². The molecule has 0 N–H and O–H groups in total. The highest BCUT2D eigenvalue weighted by molar-refractivity contribution is 6.43. The summed E-state index contributed by atoms with van der Waals surface area (Å²) in [7, 11) is 0. The minimum atomic E-state index is -4.86. The van der Waals surface area contributed by atoms with Crippen LogP contribution in [0.5, 0.6) is 5.75 Å². The van der Waals surface area contributed by atoms with Crippen molar-refractivity contribution < 1.29 is 17.9 Å². The Hall–Kier alpha value is -1.01. The van der Waals surface area contributed by atoms with Crippen LogP contribution in [0.2, 0.25) is 10.0 Å². The fourth-order valence-electron chi connectivity index (χ4n) is 0.809. The number of nitrogens with zero attached hydrogens (tertiary/aromatic N) is 1. The highest BCUT2D eigenvalue weighted by Gasteiger charge is 2.31. The van der Waals surface area contributed by atoms with E-state index in [0.29, 0.717) is 0 Å². The maximum atomic E-state index is 11.8. The van der Waals surface area contributed by atoms with Gasteiger partial charge in [0, 0.05) is 12.1 Å². The second-order valence-corrected chi connectivity index (χ2v) is 3.16. The average Bonchev–Trinajstić information content (AvgIpc) is 2.08. The molecule has 15 heavy (non-hydrogen) atoms. The Bertz CT molecular complexity index is 395. The Labute approximate surface area is 91.7 Å². The lowest BCUT2D eigenvalue weighted by atomic mass is 10.3. The van der Waals surface area contributed by atoms with E-state index < -0.39 is 17.8 Å². The number of halogens is 5. The van der Waals surface area contributed by atoms with Gasteiger partial charge in [-0.3, -0.25) is 0 Å². The first-order valence-corrected chi connectivity index (χ1v) is 4.17. The molecule has 1 aromatic rings. The smallest absolute Gasteiger partial charge is 0.406 e. The van der Waals surface area contributed by atoms with Gasteiger partial charge in [0.2, 0.25) is 0 Å². The van der Waals surface area contributed by atoms with Crippen LogP contribution in [0, 0.1) is 4.91 Å². The van der Waals surface area contributed by atoms with Crippen LogP contribution >= 0.6 is 23.2 Å². The molecule has 0 atom stereocenters. The molecule has 0 aromatic heterocycles. The number of benzene rings is 1. The summed E-state index contributed by atoms with van der Waals surface area (Å²) in [5, 5.41) is 1.94. The normalized spacial score (nSPS) is 11.3. The molecule has 0 amide bonds. The topological polar surface area (TPSA) is 38.7 Å². The van der Waals surface area contributed by atoms with Crippen molar-refractivity contribution in [1.29, 1.82) is 0 Å². The fraction of sp³-hybridized carbons (Fsp3) is 0.143. The monoisotopic (exact) mass is 259 g/mol. The highest BCUT2D eigenvalue weighted by atomic mass is 35.5. The summed E-state index contributed by atoms with van der Waals surface area (Å²) < 4.78 is 38.9. The van der Waals surface area contributed by atoms with E-state index in [0.717, 1.165) is 12.1 Å². The third-order valence-electron chi connectivity index (χ3n) is 1.31. The maximum absolute atomic E-state index is 11.8. The van der Waals surface area contributed by atoms with Crippen molar-refractivity contribution in [3.63, 3.8) is 0 Å². The number of ether oxygens (including phenoxy) is 1. The molecule has 8 heteroatoms. The minimum absolute atomic E-state index is 0.221. The molecule has 3 nitrogen and oxygen atoms in total. The predicted molar refractivity (Wildman–Crippen MR) is 48.6 cm³/mol. The number of hydrogen-bond donors (Lipinski definition) is 0. The molecule has 82 valence electrons. The Morgan fingerprint density at radius 2 is 1.87 bits per heavy atom. The van der Waals surface area contributed by atoms with Crippen LogP contribution in [-0.4, -0.2) is 6.36 Å². The summed E-state index contributed by atoms with van der Waals surface area (Å²) in [6.45, 7) is 0. The van der Waals surface area contributed by atoms with E-state index in [1.807, 2.05) is 0 Å². The lowest BCUT2D eigenvalue weighted by Gasteiger charge is -2.09. The van der Waals surface area contributed by atoms with Crippen molar-refractivity contribution in [3.05, 3.63) is 27.1 Å². The Kier molecular flexibility index (Phi) is 3.41. The van der Waals surface area contributed by atoms with Gasteiger partial charge in [-0.15, -0.1) is 18.1 Å². The third-order valence-corrected chi connectivity index (χ3v) is 2.11. The van der Waals surface area contributed by atoms with Gasteiger partial charge < -0.3 is 4.74 Å². The Balaban J connectivity index is 3.11. The van der Waals surface area contributed by atoms with Gasteiger partial charge in [-0.1, -0.05) is 23.2 Å². The van der Waals surface area contributed by atoms with Crippen molar-refractivity contribution >= 4 is 28.9 Å². The van der Waals surface area contributed by atoms with Crippen LogP contribution in [0.25, 0.3) is 0 Å². The molecular formula is C7H2Cl2F3NO2. The van der Waals surface area contributed by atoms with Gasteiger partial charge in [0.15, 0.2) is 0 Å². The number of rotatable bonds is 2. The molecule has 0 radical (unpaired) electrons. The lowest BCUT2D eigenvalue weighted by Crippen LogP contribution is -2.17. The highest BCUT2D eigenvalue weighted by Crippen LogP contribution is 2.37. The molecule has 0 saturated carbocycles. The molecule has 0 unspecified atom stereocenters. The summed E-state index contributed by atoms with van der Waals surface area (Å²) in [6.07, 6.45) is -4.86. The molecule has 1 aromatic carbocycles. The number of hydrogen-bond acceptors (Lipinski definition) is 3. The minimum Gasteiger partial charge on any atom is -0.406 e. The molecule has 0 bridgehead atoms. The number of alkyl halides is 3. The van der Waals surface area contributed by atoms with Gasteiger partial charge in [0.25, 0.3) is 0 Å². The molecule has 1 rings (SSSR count). The van der Waals surface area contributed by atoms with Crippen LogP contribution in [0.3, 0.4) is 0 Å². The van der Waals surface area contributed by atoms with Crippen LogP contribution in [-0.2, 0) is 0 Å². The Morgan fingerprint density at radius 1 is 1.27 bits per heavy atom. The fourth-order valence-corrected chi connectivity index (χ4v) is 1.16. The van der Waals surface area contributed by atoms with Crippen LogP contribution in [0.1, 0.15) is 0 Å². The average molecular weight is 260 g/mol. The second kappa shape index (κ2) is 4.24. The summed E-state index contributed by atoms with van der Waals surface area (Å²) in [5.41, 5.74) is -0.414. The standard InChI is InChI=1S/C7H2Cl2F3NO2/c8-4-1-3(15-7(10,11)12)2-5(13-14)6(4)9/h1-2H. The van der Waals surface area contributed by atoms with Crippen LogP contribution in [0.15, 0.2) is 17.3 Å². The first kappa shape index (κ1) is 12.1.